The highest BCUT2D eigenvalue weighted by Gasteiger charge is 2.12. The Labute approximate surface area is 155 Å². The van der Waals surface area contributed by atoms with Crippen molar-refractivity contribution in [3.8, 4) is 0 Å². The molecule has 7 nitrogen and oxygen atoms in total. The zero-order chi connectivity index (χ0) is 18.5. The van der Waals surface area contributed by atoms with Crippen LogP contribution in [-0.2, 0) is 4.74 Å². The molecule has 0 saturated carbocycles. The van der Waals surface area contributed by atoms with Gasteiger partial charge in [-0.15, -0.1) is 5.10 Å². The van der Waals surface area contributed by atoms with Crippen LogP contribution in [0, 0.1) is 6.92 Å². The number of halogens is 1. The minimum atomic E-state index is -0.442. The molecule has 0 aliphatic heterocycles. The van der Waals surface area contributed by atoms with Crippen LogP contribution in [0.5, 0.6) is 0 Å². The van der Waals surface area contributed by atoms with Gasteiger partial charge in [-0.2, -0.15) is 10.1 Å². The predicted octanol–water partition coefficient (Wildman–Crippen LogP) is 4.11. The molecule has 0 aliphatic rings. The highest BCUT2D eigenvalue weighted by atomic mass is 35.5. The number of hydrogen-bond acceptors (Lipinski definition) is 7. The quantitative estimate of drug-likeness (QED) is 0.654. The molecule has 1 aromatic heterocycles. The Morgan fingerprint density at radius 3 is 2.73 bits per heavy atom. The number of carbonyl (C=O) groups excluding carboxylic acids is 1. The average molecular weight is 370 g/mol. The maximum absolute atomic E-state index is 11.9. The Morgan fingerprint density at radius 2 is 1.96 bits per heavy atom. The molecule has 0 saturated heterocycles. The van der Waals surface area contributed by atoms with E-state index in [-0.39, 0.29) is 0 Å². The van der Waals surface area contributed by atoms with Crippen molar-refractivity contribution < 1.29 is 9.53 Å². The third-order valence-electron chi connectivity index (χ3n) is 3.58. The number of esters is 1. The van der Waals surface area contributed by atoms with E-state index in [1.165, 1.54) is 13.3 Å². The Bertz CT molecular complexity index is 948. The standard InChI is InChI=1S/C18H16ClN5O2/c1-11-7-8-12(9-14(11)19)21-18-23-16(10-20-24-18)22-15-6-4-3-5-13(15)17(25)26-2/h3-10H,1-2H3,(H2,21,22,23,24). The second kappa shape index (κ2) is 7.79. The minimum absolute atomic E-state index is 0.297. The van der Waals surface area contributed by atoms with Crippen LogP contribution in [0.2, 0.25) is 5.02 Å². The molecule has 0 unspecified atom stereocenters. The van der Waals surface area contributed by atoms with Gasteiger partial charge < -0.3 is 15.4 Å². The molecule has 0 atom stereocenters. The van der Waals surface area contributed by atoms with E-state index in [9.17, 15) is 4.79 Å². The molecule has 1 heterocycles. The number of carbonyl (C=O) groups is 1. The number of ether oxygens (including phenoxy) is 1. The van der Waals surface area contributed by atoms with E-state index in [2.05, 4.69) is 25.8 Å². The van der Waals surface area contributed by atoms with Crippen LogP contribution in [0.3, 0.4) is 0 Å². The second-order valence-electron chi connectivity index (χ2n) is 5.42. The summed E-state index contributed by atoms with van der Waals surface area (Å²) in [4.78, 5) is 16.2. The van der Waals surface area contributed by atoms with Gasteiger partial charge in [0.15, 0.2) is 5.82 Å². The van der Waals surface area contributed by atoms with Crippen molar-refractivity contribution in [2.24, 2.45) is 0 Å². The van der Waals surface area contributed by atoms with Gasteiger partial charge in [0.25, 0.3) is 0 Å². The summed E-state index contributed by atoms with van der Waals surface area (Å²) in [7, 11) is 1.33. The molecule has 2 aromatic carbocycles. The molecule has 0 aliphatic carbocycles. The first-order chi connectivity index (χ1) is 12.6. The monoisotopic (exact) mass is 369 g/mol. The van der Waals surface area contributed by atoms with Crippen LogP contribution in [0.15, 0.2) is 48.7 Å². The summed E-state index contributed by atoms with van der Waals surface area (Å²) in [6, 6.07) is 12.5. The van der Waals surface area contributed by atoms with Crippen LogP contribution in [0.1, 0.15) is 15.9 Å². The fraction of sp³-hybridized carbons (Fsp3) is 0.111. The molecule has 3 aromatic rings. The van der Waals surface area contributed by atoms with Gasteiger partial charge in [0.05, 0.1) is 24.6 Å². The van der Waals surface area contributed by atoms with E-state index >= 15 is 0 Å². The molecule has 3 rings (SSSR count). The largest absolute Gasteiger partial charge is 0.465 e. The lowest BCUT2D eigenvalue weighted by molar-refractivity contribution is 0.0602. The summed E-state index contributed by atoms with van der Waals surface area (Å²) < 4.78 is 4.79. The molecule has 0 spiro atoms. The lowest BCUT2D eigenvalue weighted by atomic mass is 10.2. The van der Waals surface area contributed by atoms with Crippen LogP contribution < -0.4 is 10.6 Å². The maximum Gasteiger partial charge on any atom is 0.339 e. The van der Waals surface area contributed by atoms with Crippen molar-refractivity contribution in [3.63, 3.8) is 0 Å². The van der Waals surface area contributed by atoms with Crippen molar-refractivity contribution >= 4 is 40.7 Å². The molecule has 2 N–H and O–H groups in total. The molecule has 0 bridgehead atoms. The number of rotatable bonds is 5. The molecule has 132 valence electrons. The van der Waals surface area contributed by atoms with Gasteiger partial charge in [-0.1, -0.05) is 29.8 Å². The normalized spacial score (nSPS) is 10.3. The number of nitrogens with one attached hydrogen (secondary N) is 2. The third-order valence-corrected chi connectivity index (χ3v) is 3.99. The molecule has 26 heavy (non-hydrogen) atoms. The van der Waals surface area contributed by atoms with Crippen LogP contribution in [0.4, 0.5) is 23.1 Å². The summed E-state index contributed by atoms with van der Waals surface area (Å²) in [5.41, 5.74) is 2.68. The number of hydrogen-bond donors (Lipinski definition) is 2. The zero-order valence-corrected chi connectivity index (χ0v) is 14.9. The predicted molar refractivity (Wildman–Crippen MR) is 100 cm³/mol. The summed E-state index contributed by atoms with van der Waals surface area (Å²) in [6.45, 7) is 1.92. The summed E-state index contributed by atoms with van der Waals surface area (Å²) in [5.74, 6) is 0.283. The van der Waals surface area contributed by atoms with Gasteiger partial charge in [0, 0.05) is 10.7 Å². The Kier molecular flexibility index (Phi) is 5.28. The Morgan fingerprint density at radius 1 is 1.15 bits per heavy atom. The minimum Gasteiger partial charge on any atom is -0.465 e. The highest BCUT2D eigenvalue weighted by Crippen LogP contribution is 2.23. The molecule has 8 heteroatoms. The summed E-state index contributed by atoms with van der Waals surface area (Å²) in [6.07, 6.45) is 1.46. The summed E-state index contributed by atoms with van der Waals surface area (Å²) >= 11 is 6.13. The first-order valence-corrected chi connectivity index (χ1v) is 8.12. The first kappa shape index (κ1) is 17.6. The van der Waals surface area contributed by atoms with Gasteiger partial charge in [-0.05, 0) is 36.8 Å². The van der Waals surface area contributed by atoms with E-state index in [1.54, 1.807) is 30.3 Å². The second-order valence-corrected chi connectivity index (χ2v) is 5.82. The SMILES string of the molecule is COC(=O)c1ccccc1Nc1cnnc(Nc2ccc(C)c(Cl)c2)n1. The fourth-order valence-corrected chi connectivity index (χ4v) is 2.42. The van der Waals surface area contributed by atoms with Crippen LogP contribution in [0.25, 0.3) is 0 Å². The van der Waals surface area contributed by atoms with Crippen LogP contribution in [-0.4, -0.2) is 28.3 Å². The average Bonchev–Trinajstić information content (AvgIpc) is 2.65. The Balaban J connectivity index is 1.82. The van der Waals surface area contributed by atoms with Crippen LogP contribution >= 0.6 is 11.6 Å². The fourth-order valence-electron chi connectivity index (χ4n) is 2.23. The van der Waals surface area contributed by atoms with Gasteiger partial charge in [-0.3, -0.25) is 0 Å². The van der Waals surface area contributed by atoms with E-state index < -0.39 is 5.97 Å². The van der Waals surface area contributed by atoms with E-state index in [4.69, 9.17) is 16.3 Å². The zero-order valence-electron chi connectivity index (χ0n) is 14.2. The highest BCUT2D eigenvalue weighted by molar-refractivity contribution is 6.31. The van der Waals surface area contributed by atoms with Crippen molar-refractivity contribution in [3.05, 3.63) is 64.8 Å². The van der Waals surface area contributed by atoms with Gasteiger partial charge in [0.2, 0.25) is 5.95 Å². The number of benzene rings is 2. The van der Waals surface area contributed by atoms with Gasteiger partial charge in [-0.25, -0.2) is 4.79 Å². The van der Waals surface area contributed by atoms with Crippen molar-refractivity contribution in [1.82, 2.24) is 15.2 Å². The van der Waals surface area contributed by atoms with E-state index in [0.29, 0.717) is 28.0 Å². The third kappa shape index (κ3) is 4.07. The van der Waals surface area contributed by atoms with Gasteiger partial charge >= 0.3 is 5.97 Å². The first-order valence-electron chi connectivity index (χ1n) is 7.74. The molecular weight excluding hydrogens is 354 g/mol. The molecule has 0 amide bonds. The number of nitrogens with zero attached hydrogens (tertiary/aromatic N) is 3. The molecule has 0 fully saturated rings. The molecule has 0 radical (unpaired) electrons. The lowest BCUT2D eigenvalue weighted by Gasteiger charge is -2.11. The van der Waals surface area contributed by atoms with E-state index in [1.807, 2.05) is 19.1 Å². The van der Waals surface area contributed by atoms with Crippen molar-refractivity contribution in [2.45, 2.75) is 6.92 Å². The van der Waals surface area contributed by atoms with Gasteiger partial charge in [0.1, 0.15) is 0 Å². The lowest BCUT2D eigenvalue weighted by Crippen LogP contribution is -2.07. The topological polar surface area (TPSA) is 89.0 Å². The smallest absolute Gasteiger partial charge is 0.339 e. The maximum atomic E-state index is 11.9. The number of methoxy groups -OCH3 is 1. The number of aromatic nitrogens is 3. The number of aryl methyl sites for hydroxylation is 1. The van der Waals surface area contributed by atoms with Crippen molar-refractivity contribution in [1.29, 1.82) is 0 Å². The summed E-state index contributed by atoms with van der Waals surface area (Å²) in [5, 5.41) is 14.6. The Hall–Kier alpha value is -3.19. The number of anilines is 4. The van der Waals surface area contributed by atoms with E-state index in [0.717, 1.165) is 11.3 Å². The van der Waals surface area contributed by atoms with Crippen molar-refractivity contribution in [2.75, 3.05) is 17.7 Å². The molecular formula is C18H16ClN5O2. The number of para-hydroxylation sites is 1.